The molecule has 0 saturated heterocycles. The number of anilines is 1. The van der Waals surface area contributed by atoms with Crippen LogP contribution in [0.1, 0.15) is 44.9 Å². The summed E-state index contributed by atoms with van der Waals surface area (Å²) in [6.07, 6.45) is 1.54. The zero-order valence-electron chi connectivity index (χ0n) is 14.6. The molecule has 0 unspecified atom stereocenters. The van der Waals surface area contributed by atoms with Crippen molar-refractivity contribution in [2.45, 2.75) is 40.2 Å². The zero-order valence-corrected chi connectivity index (χ0v) is 14.6. The van der Waals surface area contributed by atoms with Crippen molar-refractivity contribution >= 4 is 17.5 Å². The molecule has 128 valence electrons. The summed E-state index contributed by atoms with van der Waals surface area (Å²) in [4.78, 5) is 24.8. The molecule has 0 aliphatic rings. The molecule has 5 heteroatoms. The summed E-state index contributed by atoms with van der Waals surface area (Å²) in [6, 6.07) is 11.2. The Morgan fingerprint density at radius 3 is 2.29 bits per heavy atom. The molecule has 5 nitrogen and oxygen atoms in total. The number of nitrogens with one attached hydrogen (secondary N) is 2. The number of furan rings is 1. The van der Waals surface area contributed by atoms with E-state index in [1.807, 2.05) is 24.3 Å². The van der Waals surface area contributed by atoms with E-state index in [4.69, 9.17) is 4.42 Å². The Bertz CT molecular complexity index is 686. The van der Waals surface area contributed by atoms with E-state index >= 15 is 0 Å². The van der Waals surface area contributed by atoms with Crippen LogP contribution in [0.15, 0.2) is 47.1 Å². The quantitative estimate of drug-likeness (QED) is 0.795. The second-order valence-electron chi connectivity index (χ2n) is 6.62. The molecule has 0 aliphatic heterocycles. The predicted octanol–water partition coefficient (Wildman–Crippen LogP) is 3.68. The summed E-state index contributed by atoms with van der Waals surface area (Å²) in [6.45, 7) is 7.68. The number of hydrogen-bond acceptors (Lipinski definition) is 3. The first-order valence-corrected chi connectivity index (χ1v) is 8.03. The number of benzene rings is 1. The van der Waals surface area contributed by atoms with Gasteiger partial charge in [-0.1, -0.05) is 26.0 Å². The fourth-order valence-electron chi connectivity index (χ4n) is 2.14. The summed E-state index contributed by atoms with van der Waals surface area (Å²) >= 11 is 0. The third-order valence-electron chi connectivity index (χ3n) is 3.97. The van der Waals surface area contributed by atoms with Crippen molar-refractivity contribution in [1.29, 1.82) is 0 Å². The molecule has 24 heavy (non-hydrogen) atoms. The van der Waals surface area contributed by atoms with Crippen LogP contribution in [0.2, 0.25) is 0 Å². The highest BCUT2D eigenvalue weighted by molar-refractivity contribution is 6.09. The van der Waals surface area contributed by atoms with E-state index < -0.39 is 5.41 Å². The van der Waals surface area contributed by atoms with Crippen molar-refractivity contribution in [3.05, 3.63) is 54.0 Å². The molecule has 2 amide bonds. The van der Waals surface area contributed by atoms with Crippen molar-refractivity contribution in [2.75, 3.05) is 5.32 Å². The second-order valence-corrected chi connectivity index (χ2v) is 6.62. The van der Waals surface area contributed by atoms with Gasteiger partial charge in [0.1, 0.15) is 11.2 Å². The first kappa shape index (κ1) is 17.8. The maximum absolute atomic E-state index is 12.5. The third-order valence-corrected chi connectivity index (χ3v) is 3.97. The second kappa shape index (κ2) is 7.34. The molecule has 2 aromatic rings. The molecule has 0 saturated carbocycles. The van der Waals surface area contributed by atoms with E-state index in [1.165, 1.54) is 5.56 Å². The molecule has 2 N–H and O–H groups in total. The van der Waals surface area contributed by atoms with Crippen LogP contribution in [-0.2, 0) is 16.1 Å². The van der Waals surface area contributed by atoms with Crippen LogP contribution >= 0.6 is 0 Å². The van der Waals surface area contributed by atoms with Crippen LogP contribution in [0.25, 0.3) is 0 Å². The minimum atomic E-state index is -1.19. The first-order chi connectivity index (χ1) is 11.3. The number of carbonyl (C=O) groups excluding carboxylic acids is 2. The van der Waals surface area contributed by atoms with Crippen LogP contribution in [0, 0.1) is 5.41 Å². The van der Waals surface area contributed by atoms with Crippen LogP contribution in [0.5, 0.6) is 0 Å². The highest BCUT2D eigenvalue weighted by Crippen LogP contribution is 2.21. The Balaban J connectivity index is 1.96. The first-order valence-electron chi connectivity index (χ1n) is 8.03. The van der Waals surface area contributed by atoms with Crippen molar-refractivity contribution in [3.8, 4) is 0 Å². The minimum absolute atomic E-state index is 0.256. The van der Waals surface area contributed by atoms with Gasteiger partial charge >= 0.3 is 0 Å². The lowest BCUT2D eigenvalue weighted by molar-refractivity contribution is -0.138. The SMILES string of the molecule is CC(C)c1ccc(NC(=O)C(C)(C)C(=O)NCc2ccco2)cc1. The predicted molar refractivity (Wildman–Crippen MR) is 93.5 cm³/mol. The summed E-state index contributed by atoms with van der Waals surface area (Å²) in [5.74, 6) is 0.370. The van der Waals surface area contributed by atoms with Crippen LogP contribution in [0.3, 0.4) is 0 Å². The van der Waals surface area contributed by atoms with Gasteiger partial charge < -0.3 is 15.1 Å². The molecular weight excluding hydrogens is 304 g/mol. The Kier molecular flexibility index (Phi) is 5.44. The highest BCUT2D eigenvalue weighted by Gasteiger charge is 2.36. The topological polar surface area (TPSA) is 71.3 Å². The lowest BCUT2D eigenvalue weighted by Gasteiger charge is -2.22. The summed E-state index contributed by atoms with van der Waals surface area (Å²) in [5.41, 5.74) is 0.684. The molecule has 0 bridgehead atoms. The monoisotopic (exact) mass is 328 g/mol. The average molecular weight is 328 g/mol. The summed E-state index contributed by atoms with van der Waals surface area (Å²) < 4.78 is 5.17. The van der Waals surface area contributed by atoms with Crippen LogP contribution in [0.4, 0.5) is 5.69 Å². The van der Waals surface area contributed by atoms with Gasteiger partial charge in [-0.2, -0.15) is 0 Å². The molecule has 1 heterocycles. The number of rotatable bonds is 6. The standard InChI is InChI=1S/C19H24N2O3/c1-13(2)14-7-9-15(10-8-14)21-18(23)19(3,4)17(22)20-12-16-6-5-11-24-16/h5-11,13H,12H2,1-4H3,(H,20,22)(H,21,23). The van der Waals surface area contributed by atoms with Gasteiger partial charge in [0.15, 0.2) is 0 Å². The number of hydrogen-bond donors (Lipinski definition) is 2. The van der Waals surface area contributed by atoms with Crippen molar-refractivity contribution in [1.82, 2.24) is 5.32 Å². The van der Waals surface area contributed by atoms with Gasteiger partial charge in [-0.05, 0) is 49.6 Å². The summed E-state index contributed by atoms with van der Waals surface area (Å²) in [7, 11) is 0. The molecule has 0 atom stereocenters. The fourth-order valence-corrected chi connectivity index (χ4v) is 2.14. The van der Waals surface area contributed by atoms with E-state index in [-0.39, 0.29) is 18.4 Å². The van der Waals surface area contributed by atoms with Gasteiger partial charge in [0.25, 0.3) is 0 Å². The highest BCUT2D eigenvalue weighted by atomic mass is 16.3. The zero-order chi connectivity index (χ0) is 17.7. The van der Waals surface area contributed by atoms with Crippen molar-refractivity contribution in [2.24, 2.45) is 5.41 Å². The molecule has 1 aromatic carbocycles. The average Bonchev–Trinajstić information content (AvgIpc) is 3.06. The number of carbonyl (C=O) groups is 2. The fraction of sp³-hybridized carbons (Fsp3) is 0.368. The molecule has 0 fully saturated rings. The molecular formula is C19H24N2O3. The lowest BCUT2D eigenvalue weighted by Crippen LogP contribution is -2.44. The van der Waals surface area contributed by atoms with E-state index in [0.717, 1.165) is 0 Å². The molecule has 2 rings (SSSR count). The van der Waals surface area contributed by atoms with Gasteiger partial charge in [-0.3, -0.25) is 9.59 Å². The van der Waals surface area contributed by atoms with E-state index in [9.17, 15) is 9.59 Å². The van der Waals surface area contributed by atoms with E-state index in [2.05, 4.69) is 24.5 Å². The Labute approximate surface area is 142 Å². The van der Waals surface area contributed by atoms with E-state index in [0.29, 0.717) is 17.4 Å². The number of amides is 2. The summed E-state index contributed by atoms with van der Waals surface area (Å²) in [5, 5.41) is 5.52. The minimum Gasteiger partial charge on any atom is -0.467 e. The normalized spacial score (nSPS) is 11.4. The smallest absolute Gasteiger partial charge is 0.239 e. The Hall–Kier alpha value is -2.56. The van der Waals surface area contributed by atoms with Crippen molar-refractivity contribution in [3.63, 3.8) is 0 Å². The maximum Gasteiger partial charge on any atom is 0.239 e. The van der Waals surface area contributed by atoms with Gasteiger partial charge in [-0.15, -0.1) is 0 Å². The van der Waals surface area contributed by atoms with E-state index in [1.54, 1.807) is 32.2 Å². The lowest BCUT2D eigenvalue weighted by atomic mass is 9.91. The largest absolute Gasteiger partial charge is 0.467 e. The van der Waals surface area contributed by atoms with Crippen LogP contribution < -0.4 is 10.6 Å². The van der Waals surface area contributed by atoms with Gasteiger partial charge in [0, 0.05) is 5.69 Å². The van der Waals surface area contributed by atoms with Crippen LogP contribution in [-0.4, -0.2) is 11.8 Å². The molecule has 0 spiro atoms. The molecule has 0 radical (unpaired) electrons. The van der Waals surface area contributed by atoms with Crippen molar-refractivity contribution < 1.29 is 14.0 Å². The maximum atomic E-state index is 12.5. The molecule has 0 aliphatic carbocycles. The van der Waals surface area contributed by atoms with Gasteiger partial charge in [0.2, 0.25) is 11.8 Å². The van der Waals surface area contributed by atoms with Gasteiger partial charge in [0.05, 0.1) is 12.8 Å². The van der Waals surface area contributed by atoms with Gasteiger partial charge in [-0.25, -0.2) is 0 Å². The Morgan fingerprint density at radius 1 is 1.08 bits per heavy atom. The molecule has 1 aromatic heterocycles. The Morgan fingerprint density at radius 2 is 1.75 bits per heavy atom. The third kappa shape index (κ3) is 4.25.